The highest BCUT2D eigenvalue weighted by molar-refractivity contribution is 8.06. The summed E-state index contributed by atoms with van der Waals surface area (Å²) in [6, 6.07) is 0. The highest BCUT2D eigenvalue weighted by atomic mass is 32.2. The van der Waals surface area contributed by atoms with Crippen molar-refractivity contribution in [1.82, 2.24) is 10.1 Å². The molecule has 1 aromatic heterocycles. The molecule has 0 saturated carbocycles. The van der Waals surface area contributed by atoms with E-state index in [1.54, 1.807) is 23.5 Å². The monoisotopic (exact) mass is 313 g/mol. The Labute approximate surface area is 117 Å². The summed E-state index contributed by atoms with van der Waals surface area (Å²) in [5.41, 5.74) is 2.64. The van der Waals surface area contributed by atoms with Crippen molar-refractivity contribution in [3.63, 3.8) is 0 Å². The smallest absolute Gasteiger partial charge is 0.337 e. The lowest BCUT2D eigenvalue weighted by molar-refractivity contribution is -0.190. The second-order valence-electron chi connectivity index (χ2n) is 4.53. The molecule has 4 nitrogen and oxygen atoms in total. The van der Waals surface area contributed by atoms with Gasteiger partial charge in [0, 0.05) is 16.8 Å². The first-order valence-electron chi connectivity index (χ1n) is 5.66. The number of halogens is 3. The first kappa shape index (κ1) is 15.0. The SMILES string of the molecule is CC1SCCSC1c1noc(C(C)(N)C(F)(F)F)n1. The normalized spacial score (nSPS) is 28.1. The van der Waals surface area contributed by atoms with E-state index < -0.39 is 17.6 Å². The lowest BCUT2D eigenvalue weighted by Gasteiger charge is -2.25. The standard InChI is InChI=1S/C10H14F3N3OS2/c1-5-6(19-4-3-18-5)7-15-8(17-16-7)9(2,14)10(11,12)13/h5-6H,3-4,14H2,1-2H3. The number of alkyl halides is 3. The van der Waals surface area contributed by atoms with E-state index in [1.807, 2.05) is 6.92 Å². The molecular formula is C10H14F3N3OS2. The summed E-state index contributed by atoms with van der Waals surface area (Å²) in [6.45, 7) is 2.83. The molecule has 0 aliphatic carbocycles. The van der Waals surface area contributed by atoms with E-state index in [-0.39, 0.29) is 10.5 Å². The second kappa shape index (κ2) is 5.17. The average Bonchev–Trinajstić information content (AvgIpc) is 2.77. The summed E-state index contributed by atoms with van der Waals surface area (Å²) in [6.07, 6.45) is -4.63. The van der Waals surface area contributed by atoms with Crippen LogP contribution >= 0.6 is 23.5 Å². The molecule has 9 heteroatoms. The van der Waals surface area contributed by atoms with Gasteiger partial charge in [-0.2, -0.15) is 29.9 Å². The van der Waals surface area contributed by atoms with E-state index in [0.717, 1.165) is 18.4 Å². The molecule has 2 rings (SSSR count). The largest absolute Gasteiger partial charge is 0.415 e. The number of hydrogen-bond acceptors (Lipinski definition) is 6. The van der Waals surface area contributed by atoms with Crippen LogP contribution in [0.25, 0.3) is 0 Å². The third kappa shape index (κ3) is 2.87. The Morgan fingerprint density at radius 2 is 1.95 bits per heavy atom. The van der Waals surface area contributed by atoms with Crippen LogP contribution in [-0.4, -0.2) is 33.1 Å². The van der Waals surface area contributed by atoms with Crippen LogP contribution < -0.4 is 5.73 Å². The predicted octanol–water partition coefficient (Wildman–Crippen LogP) is 2.72. The number of aromatic nitrogens is 2. The van der Waals surface area contributed by atoms with Crippen molar-refractivity contribution in [3.8, 4) is 0 Å². The lowest BCUT2D eigenvalue weighted by Crippen LogP contribution is -2.48. The third-order valence-corrected chi connectivity index (χ3v) is 6.00. The molecule has 1 aliphatic rings. The van der Waals surface area contributed by atoms with Gasteiger partial charge in [0.1, 0.15) is 0 Å². The maximum atomic E-state index is 12.8. The Hall–Kier alpha value is -0.410. The highest BCUT2D eigenvalue weighted by Gasteiger charge is 2.54. The fourth-order valence-electron chi connectivity index (χ4n) is 1.60. The van der Waals surface area contributed by atoms with Crippen LogP contribution in [0, 0.1) is 0 Å². The van der Waals surface area contributed by atoms with Crippen molar-refractivity contribution < 1.29 is 17.7 Å². The average molecular weight is 313 g/mol. The van der Waals surface area contributed by atoms with Gasteiger partial charge in [-0.15, -0.1) is 11.8 Å². The lowest BCUT2D eigenvalue weighted by atomic mass is 10.0. The molecule has 0 amide bonds. The summed E-state index contributed by atoms with van der Waals surface area (Å²) in [7, 11) is 0. The number of nitrogens with two attached hydrogens (primary N) is 1. The van der Waals surface area contributed by atoms with Crippen LogP contribution in [0.5, 0.6) is 0 Å². The van der Waals surface area contributed by atoms with Crippen LogP contribution in [0.15, 0.2) is 4.52 Å². The second-order valence-corrected chi connectivity index (χ2v) is 7.26. The van der Waals surface area contributed by atoms with Gasteiger partial charge >= 0.3 is 6.18 Å². The van der Waals surface area contributed by atoms with Gasteiger partial charge in [-0.1, -0.05) is 12.1 Å². The van der Waals surface area contributed by atoms with Crippen molar-refractivity contribution in [2.75, 3.05) is 11.5 Å². The molecule has 3 atom stereocenters. The maximum Gasteiger partial charge on any atom is 0.415 e. The fraction of sp³-hybridized carbons (Fsp3) is 0.800. The molecule has 2 heterocycles. The van der Waals surface area contributed by atoms with Gasteiger partial charge in [0.2, 0.25) is 0 Å². The van der Waals surface area contributed by atoms with Crippen molar-refractivity contribution >= 4 is 23.5 Å². The molecule has 0 aromatic carbocycles. The zero-order chi connectivity index (χ0) is 14.3. The van der Waals surface area contributed by atoms with Gasteiger partial charge < -0.3 is 10.3 Å². The molecule has 1 saturated heterocycles. The summed E-state index contributed by atoms with van der Waals surface area (Å²) < 4.78 is 43.1. The van der Waals surface area contributed by atoms with Crippen molar-refractivity contribution in [1.29, 1.82) is 0 Å². The quantitative estimate of drug-likeness (QED) is 0.905. The van der Waals surface area contributed by atoms with Crippen LogP contribution in [0.2, 0.25) is 0 Å². The molecule has 1 aliphatic heterocycles. The van der Waals surface area contributed by atoms with Crippen LogP contribution in [0.3, 0.4) is 0 Å². The zero-order valence-corrected chi connectivity index (χ0v) is 12.0. The van der Waals surface area contributed by atoms with Gasteiger partial charge in [-0.3, -0.25) is 0 Å². The Bertz CT molecular complexity index is 449. The zero-order valence-electron chi connectivity index (χ0n) is 10.4. The maximum absolute atomic E-state index is 12.8. The number of nitrogens with zero attached hydrogens (tertiary/aromatic N) is 2. The Morgan fingerprint density at radius 3 is 2.53 bits per heavy atom. The Morgan fingerprint density at radius 1 is 1.32 bits per heavy atom. The minimum Gasteiger partial charge on any atom is -0.337 e. The molecule has 0 spiro atoms. The van der Waals surface area contributed by atoms with Crippen molar-refractivity contribution in [3.05, 3.63) is 11.7 Å². The third-order valence-electron chi connectivity index (χ3n) is 2.92. The van der Waals surface area contributed by atoms with Crippen molar-refractivity contribution in [2.45, 2.75) is 36.1 Å². The molecule has 0 bridgehead atoms. The van der Waals surface area contributed by atoms with E-state index >= 15 is 0 Å². The van der Waals surface area contributed by atoms with E-state index in [2.05, 4.69) is 10.1 Å². The molecule has 1 aromatic rings. The molecule has 108 valence electrons. The van der Waals surface area contributed by atoms with Gasteiger partial charge in [0.15, 0.2) is 11.4 Å². The van der Waals surface area contributed by atoms with Crippen LogP contribution in [-0.2, 0) is 5.54 Å². The van der Waals surface area contributed by atoms with E-state index in [1.165, 1.54) is 0 Å². The number of thioether (sulfide) groups is 2. The molecular weight excluding hydrogens is 299 g/mol. The predicted molar refractivity (Wildman–Crippen MR) is 69.0 cm³/mol. The molecule has 0 radical (unpaired) electrons. The Balaban J connectivity index is 2.24. The van der Waals surface area contributed by atoms with E-state index in [9.17, 15) is 13.2 Å². The Kier molecular flexibility index (Phi) is 4.08. The number of hydrogen-bond donors (Lipinski definition) is 1. The van der Waals surface area contributed by atoms with Gasteiger partial charge in [0.05, 0.1) is 5.25 Å². The summed E-state index contributed by atoms with van der Waals surface area (Å²) in [5.74, 6) is 1.64. The first-order valence-corrected chi connectivity index (χ1v) is 7.76. The van der Waals surface area contributed by atoms with E-state index in [0.29, 0.717) is 5.82 Å². The minimum atomic E-state index is -4.63. The van der Waals surface area contributed by atoms with Crippen LogP contribution in [0.4, 0.5) is 13.2 Å². The number of rotatable bonds is 2. The first-order chi connectivity index (χ1) is 8.73. The van der Waals surface area contributed by atoms with Gasteiger partial charge in [-0.05, 0) is 6.92 Å². The fourth-order valence-corrected chi connectivity index (χ4v) is 4.28. The van der Waals surface area contributed by atoms with Crippen molar-refractivity contribution in [2.24, 2.45) is 5.73 Å². The summed E-state index contributed by atoms with van der Waals surface area (Å²) >= 11 is 3.38. The van der Waals surface area contributed by atoms with Gasteiger partial charge in [-0.25, -0.2) is 0 Å². The minimum absolute atomic E-state index is 0.0553. The summed E-state index contributed by atoms with van der Waals surface area (Å²) in [4.78, 5) is 3.87. The summed E-state index contributed by atoms with van der Waals surface area (Å²) in [5, 5.41) is 3.85. The topological polar surface area (TPSA) is 64.9 Å². The van der Waals surface area contributed by atoms with E-state index in [4.69, 9.17) is 10.3 Å². The van der Waals surface area contributed by atoms with Crippen LogP contribution in [0.1, 0.15) is 30.8 Å². The molecule has 1 fully saturated rings. The molecule has 19 heavy (non-hydrogen) atoms. The highest BCUT2D eigenvalue weighted by Crippen LogP contribution is 2.42. The molecule has 2 N–H and O–H groups in total. The van der Waals surface area contributed by atoms with Gasteiger partial charge in [0.25, 0.3) is 5.89 Å². The molecule has 3 unspecified atom stereocenters.